The quantitative estimate of drug-likeness (QED) is 0.718. The van der Waals surface area contributed by atoms with Crippen molar-refractivity contribution in [3.63, 3.8) is 0 Å². The molecule has 14 heavy (non-hydrogen) atoms. The zero-order chi connectivity index (χ0) is 10.1. The molecule has 3 heteroatoms. The van der Waals surface area contributed by atoms with Gasteiger partial charge in [-0.25, -0.2) is 4.39 Å². The number of hydrogen-bond donors (Lipinski definition) is 2. The number of nitrogens with two attached hydrogens (primary N) is 1. The van der Waals surface area contributed by atoms with E-state index in [1.165, 1.54) is 6.07 Å². The number of nitrogens with one attached hydrogen (secondary N) is 1. The van der Waals surface area contributed by atoms with E-state index in [0.717, 1.165) is 12.0 Å². The summed E-state index contributed by atoms with van der Waals surface area (Å²) in [4.78, 5) is 0. The maximum Gasteiger partial charge on any atom is 0.146 e. The normalized spacial score (nSPS) is 25.4. The molecule has 2 rings (SSSR count). The summed E-state index contributed by atoms with van der Waals surface area (Å²) in [6.07, 6.45) is 0.979. The molecule has 1 heterocycles. The monoisotopic (exact) mass is 194 g/mol. The van der Waals surface area contributed by atoms with Crippen LogP contribution in [0.1, 0.15) is 24.8 Å². The lowest BCUT2D eigenvalue weighted by molar-refractivity contribution is 0.543. The fraction of sp³-hybridized carbons (Fsp3) is 0.455. The van der Waals surface area contributed by atoms with Crippen molar-refractivity contribution in [2.45, 2.75) is 25.3 Å². The van der Waals surface area contributed by atoms with Gasteiger partial charge in [0.05, 0.1) is 5.69 Å². The summed E-state index contributed by atoms with van der Waals surface area (Å²) >= 11 is 0. The van der Waals surface area contributed by atoms with Gasteiger partial charge in [0.2, 0.25) is 0 Å². The van der Waals surface area contributed by atoms with Gasteiger partial charge in [0.25, 0.3) is 0 Å². The highest BCUT2D eigenvalue weighted by molar-refractivity contribution is 5.56. The van der Waals surface area contributed by atoms with Crippen LogP contribution in [0.3, 0.4) is 0 Å². The number of hydrogen-bond acceptors (Lipinski definition) is 2. The minimum absolute atomic E-state index is 0.174. The predicted octanol–water partition coefficient (Wildman–Crippen LogP) is 2.07. The van der Waals surface area contributed by atoms with Crippen LogP contribution in [0.5, 0.6) is 0 Å². The number of benzene rings is 1. The van der Waals surface area contributed by atoms with Crippen LogP contribution in [-0.2, 0) is 0 Å². The second-order valence-electron chi connectivity index (χ2n) is 3.92. The van der Waals surface area contributed by atoms with Crippen molar-refractivity contribution in [2.24, 2.45) is 5.73 Å². The first-order valence-corrected chi connectivity index (χ1v) is 4.97. The molecule has 0 saturated heterocycles. The summed E-state index contributed by atoms with van der Waals surface area (Å²) in [5.74, 6) is 0.115. The molecule has 3 N–H and O–H groups in total. The second kappa shape index (κ2) is 3.58. The van der Waals surface area contributed by atoms with Crippen molar-refractivity contribution in [3.05, 3.63) is 29.6 Å². The Balaban J connectivity index is 2.45. The van der Waals surface area contributed by atoms with Gasteiger partial charge in [0.1, 0.15) is 5.82 Å². The molecular formula is C11H15FN2. The Morgan fingerprint density at radius 1 is 1.57 bits per heavy atom. The summed E-state index contributed by atoms with van der Waals surface area (Å²) in [5.41, 5.74) is 7.34. The maximum atomic E-state index is 13.5. The second-order valence-corrected chi connectivity index (χ2v) is 3.92. The molecule has 1 aromatic rings. The molecule has 0 saturated carbocycles. The number of anilines is 1. The van der Waals surface area contributed by atoms with E-state index in [-0.39, 0.29) is 11.7 Å². The highest BCUT2D eigenvalue weighted by Gasteiger charge is 2.24. The Morgan fingerprint density at radius 2 is 2.36 bits per heavy atom. The molecule has 2 nitrogen and oxygen atoms in total. The Labute approximate surface area is 83.3 Å². The summed E-state index contributed by atoms with van der Waals surface area (Å²) in [7, 11) is 0. The molecule has 1 aromatic carbocycles. The summed E-state index contributed by atoms with van der Waals surface area (Å²) in [5, 5.41) is 3.16. The number of rotatable bonds is 1. The van der Waals surface area contributed by atoms with Crippen molar-refractivity contribution in [3.8, 4) is 0 Å². The molecule has 0 radical (unpaired) electrons. The maximum absolute atomic E-state index is 13.5. The van der Waals surface area contributed by atoms with Gasteiger partial charge in [-0.15, -0.1) is 0 Å². The third-order valence-electron chi connectivity index (χ3n) is 2.80. The fourth-order valence-corrected chi connectivity index (χ4v) is 2.12. The number of para-hydroxylation sites is 1. The lowest BCUT2D eigenvalue weighted by atomic mass is 9.87. The Morgan fingerprint density at radius 3 is 3.07 bits per heavy atom. The van der Waals surface area contributed by atoms with E-state index < -0.39 is 0 Å². The SMILES string of the molecule is CC1CC(CN)c2cccc(F)c2N1. The van der Waals surface area contributed by atoms with E-state index >= 15 is 0 Å². The smallest absolute Gasteiger partial charge is 0.146 e. The predicted molar refractivity (Wildman–Crippen MR) is 55.9 cm³/mol. The molecule has 2 unspecified atom stereocenters. The Hall–Kier alpha value is -1.09. The summed E-state index contributed by atoms with van der Waals surface area (Å²) in [6, 6.07) is 5.48. The van der Waals surface area contributed by atoms with Crippen LogP contribution in [0.4, 0.5) is 10.1 Å². The van der Waals surface area contributed by atoms with Crippen LogP contribution in [0.2, 0.25) is 0 Å². The highest BCUT2D eigenvalue weighted by Crippen LogP contribution is 2.34. The van der Waals surface area contributed by atoms with E-state index in [4.69, 9.17) is 5.73 Å². The molecule has 1 aliphatic heterocycles. The molecule has 0 bridgehead atoms. The average Bonchev–Trinajstić information content (AvgIpc) is 2.18. The molecule has 76 valence electrons. The molecular weight excluding hydrogens is 179 g/mol. The molecule has 0 amide bonds. The lowest BCUT2D eigenvalue weighted by Crippen LogP contribution is -2.29. The van der Waals surface area contributed by atoms with Gasteiger partial charge in [-0.2, -0.15) is 0 Å². The first-order valence-electron chi connectivity index (χ1n) is 4.97. The van der Waals surface area contributed by atoms with E-state index in [1.807, 2.05) is 6.07 Å². The van der Waals surface area contributed by atoms with Gasteiger partial charge < -0.3 is 11.1 Å². The van der Waals surface area contributed by atoms with Gasteiger partial charge >= 0.3 is 0 Å². The lowest BCUT2D eigenvalue weighted by Gasteiger charge is -2.30. The largest absolute Gasteiger partial charge is 0.380 e. The minimum atomic E-state index is -0.174. The standard InChI is InChI=1S/C11H15FN2/c1-7-5-8(6-13)9-3-2-4-10(12)11(9)14-7/h2-4,7-8,14H,5-6,13H2,1H3. The van der Waals surface area contributed by atoms with E-state index in [2.05, 4.69) is 12.2 Å². The van der Waals surface area contributed by atoms with Crippen molar-refractivity contribution >= 4 is 5.69 Å². The van der Waals surface area contributed by atoms with E-state index in [1.54, 1.807) is 6.07 Å². The first kappa shape index (κ1) is 9.46. The van der Waals surface area contributed by atoms with Gasteiger partial charge in [0, 0.05) is 12.0 Å². The van der Waals surface area contributed by atoms with Crippen molar-refractivity contribution in [2.75, 3.05) is 11.9 Å². The Kier molecular flexibility index (Phi) is 2.42. The van der Waals surface area contributed by atoms with Crippen LogP contribution in [0.25, 0.3) is 0 Å². The molecule has 0 aliphatic carbocycles. The summed E-state index contributed by atoms with van der Waals surface area (Å²) in [6.45, 7) is 2.64. The average molecular weight is 194 g/mol. The van der Waals surface area contributed by atoms with Gasteiger partial charge in [-0.05, 0) is 31.5 Å². The fourth-order valence-electron chi connectivity index (χ4n) is 2.12. The number of halogens is 1. The van der Waals surface area contributed by atoms with Crippen LogP contribution in [-0.4, -0.2) is 12.6 Å². The molecule has 2 atom stereocenters. The van der Waals surface area contributed by atoms with Crippen LogP contribution < -0.4 is 11.1 Å². The topological polar surface area (TPSA) is 38.0 Å². The van der Waals surface area contributed by atoms with Gasteiger partial charge in [-0.1, -0.05) is 12.1 Å². The molecule has 0 fully saturated rings. The molecule has 0 spiro atoms. The molecule has 0 aromatic heterocycles. The van der Waals surface area contributed by atoms with Crippen LogP contribution >= 0.6 is 0 Å². The third-order valence-corrected chi connectivity index (χ3v) is 2.80. The van der Waals surface area contributed by atoms with Crippen molar-refractivity contribution < 1.29 is 4.39 Å². The van der Waals surface area contributed by atoms with Gasteiger partial charge in [-0.3, -0.25) is 0 Å². The minimum Gasteiger partial charge on any atom is -0.380 e. The number of fused-ring (bicyclic) bond motifs is 1. The van der Waals surface area contributed by atoms with E-state index in [0.29, 0.717) is 18.3 Å². The zero-order valence-electron chi connectivity index (χ0n) is 8.26. The summed E-state index contributed by atoms with van der Waals surface area (Å²) < 4.78 is 13.5. The molecule has 1 aliphatic rings. The van der Waals surface area contributed by atoms with Crippen LogP contribution in [0.15, 0.2) is 18.2 Å². The van der Waals surface area contributed by atoms with Gasteiger partial charge in [0.15, 0.2) is 0 Å². The first-order chi connectivity index (χ1) is 6.72. The highest BCUT2D eigenvalue weighted by atomic mass is 19.1. The zero-order valence-corrected chi connectivity index (χ0v) is 8.26. The third kappa shape index (κ3) is 1.48. The van der Waals surface area contributed by atoms with Crippen molar-refractivity contribution in [1.29, 1.82) is 0 Å². The van der Waals surface area contributed by atoms with E-state index in [9.17, 15) is 4.39 Å². The van der Waals surface area contributed by atoms with Crippen LogP contribution in [0, 0.1) is 5.82 Å². The Bertz CT molecular complexity index is 338. The van der Waals surface area contributed by atoms with Crippen molar-refractivity contribution in [1.82, 2.24) is 0 Å².